The highest BCUT2D eigenvalue weighted by molar-refractivity contribution is 6.48. The molecule has 0 spiro atoms. The summed E-state index contributed by atoms with van der Waals surface area (Å²) in [5.74, 6) is 0. The van der Waals surface area contributed by atoms with Gasteiger partial charge in [-0.15, -0.1) is 0 Å². The van der Waals surface area contributed by atoms with Gasteiger partial charge < -0.3 is 0 Å². The Morgan fingerprint density at radius 2 is 2.05 bits per heavy atom. The van der Waals surface area contributed by atoms with E-state index in [0.29, 0.717) is 10.5 Å². The SMILES string of the molecule is CCN(C(=O)N1CCNC1(F)F)C(Cl)(Cl)c1ccccc1. The van der Waals surface area contributed by atoms with Crippen molar-refractivity contribution in [1.82, 2.24) is 15.1 Å². The maximum absolute atomic E-state index is 13.6. The van der Waals surface area contributed by atoms with Crippen molar-refractivity contribution in [2.75, 3.05) is 19.6 Å². The zero-order valence-corrected chi connectivity index (χ0v) is 12.8. The molecule has 0 bridgehead atoms. The Hall–Kier alpha value is -1.11. The van der Waals surface area contributed by atoms with Crippen LogP contribution in [0, 0.1) is 0 Å². The van der Waals surface area contributed by atoms with Gasteiger partial charge in [-0.05, 0) is 6.92 Å². The molecule has 1 aliphatic heterocycles. The van der Waals surface area contributed by atoms with Crippen LogP contribution in [0.2, 0.25) is 0 Å². The molecule has 116 valence electrons. The molecule has 1 fully saturated rings. The zero-order valence-electron chi connectivity index (χ0n) is 11.3. The lowest BCUT2D eigenvalue weighted by molar-refractivity contribution is -0.117. The first-order valence-corrected chi connectivity index (χ1v) is 7.21. The van der Waals surface area contributed by atoms with E-state index in [-0.39, 0.29) is 19.6 Å². The topological polar surface area (TPSA) is 35.6 Å². The predicted octanol–water partition coefficient (Wildman–Crippen LogP) is 3.17. The van der Waals surface area contributed by atoms with Gasteiger partial charge in [0, 0.05) is 25.2 Å². The molecule has 0 aliphatic carbocycles. The van der Waals surface area contributed by atoms with Crippen LogP contribution < -0.4 is 5.32 Å². The second kappa shape index (κ2) is 5.94. The molecular formula is C13H15Cl2F2N3O. The minimum Gasteiger partial charge on any atom is -0.289 e. The fourth-order valence-electron chi connectivity index (χ4n) is 2.16. The Bertz CT molecular complexity index is 513. The van der Waals surface area contributed by atoms with Crippen molar-refractivity contribution in [2.24, 2.45) is 0 Å². The molecule has 2 amide bonds. The van der Waals surface area contributed by atoms with Crippen LogP contribution in [0.1, 0.15) is 12.5 Å². The molecule has 1 aliphatic rings. The van der Waals surface area contributed by atoms with E-state index >= 15 is 0 Å². The highest BCUT2D eigenvalue weighted by atomic mass is 35.5. The number of alkyl halides is 4. The Balaban J connectivity index is 2.29. The minimum absolute atomic E-state index is 0.0131. The summed E-state index contributed by atoms with van der Waals surface area (Å²) >= 11 is 12.5. The van der Waals surface area contributed by atoms with Gasteiger partial charge in [-0.1, -0.05) is 53.5 Å². The van der Waals surface area contributed by atoms with Gasteiger partial charge >= 0.3 is 12.2 Å². The molecule has 0 atom stereocenters. The van der Waals surface area contributed by atoms with Crippen molar-refractivity contribution in [3.05, 3.63) is 35.9 Å². The Kier molecular flexibility index (Phi) is 4.60. The summed E-state index contributed by atoms with van der Waals surface area (Å²) in [4.78, 5) is 13.8. The van der Waals surface area contributed by atoms with Crippen molar-refractivity contribution in [1.29, 1.82) is 0 Å². The molecule has 1 aromatic carbocycles. The van der Waals surface area contributed by atoms with Gasteiger partial charge in [-0.2, -0.15) is 8.78 Å². The van der Waals surface area contributed by atoms with Gasteiger partial charge in [0.1, 0.15) is 0 Å². The summed E-state index contributed by atoms with van der Waals surface area (Å²) in [5, 5.41) is 1.96. The third-order valence-electron chi connectivity index (χ3n) is 3.25. The molecule has 1 saturated heterocycles. The van der Waals surface area contributed by atoms with Gasteiger partial charge in [0.25, 0.3) is 0 Å². The maximum Gasteiger partial charge on any atom is 0.392 e. The van der Waals surface area contributed by atoms with E-state index in [1.165, 1.54) is 0 Å². The molecule has 0 aromatic heterocycles. The second-order valence-electron chi connectivity index (χ2n) is 4.55. The number of halogens is 4. The largest absolute Gasteiger partial charge is 0.392 e. The lowest BCUT2D eigenvalue weighted by Crippen LogP contribution is -2.55. The second-order valence-corrected chi connectivity index (χ2v) is 5.84. The molecule has 2 rings (SSSR count). The quantitative estimate of drug-likeness (QED) is 0.679. The van der Waals surface area contributed by atoms with E-state index in [4.69, 9.17) is 23.2 Å². The van der Waals surface area contributed by atoms with E-state index in [9.17, 15) is 13.6 Å². The zero-order chi connectivity index (χ0) is 15.7. The third-order valence-corrected chi connectivity index (χ3v) is 4.09. The number of hydrogen-bond donors (Lipinski definition) is 1. The number of carbonyl (C=O) groups is 1. The van der Waals surface area contributed by atoms with Crippen LogP contribution in [0.15, 0.2) is 30.3 Å². The number of urea groups is 1. The standard InChI is InChI=1S/C13H15Cl2F2N3O/c1-2-19(11(21)20-9-8-18-13(20,16)17)12(14,15)10-6-4-3-5-7-10/h3-7,18H,2,8-9H2,1H3. The number of rotatable bonds is 3. The fraction of sp³-hybridized carbons (Fsp3) is 0.462. The number of carbonyl (C=O) groups excluding carboxylic acids is 1. The summed E-state index contributed by atoms with van der Waals surface area (Å²) < 4.78 is 25.5. The van der Waals surface area contributed by atoms with Crippen LogP contribution in [0.3, 0.4) is 0 Å². The van der Waals surface area contributed by atoms with E-state index in [1.54, 1.807) is 37.3 Å². The lowest BCUT2D eigenvalue weighted by Gasteiger charge is -2.37. The van der Waals surface area contributed by atoms with Crippen molar-refractivity contribution < 1.29 is 13.6 Å². The van der Waals surface area contributed by atoms with Crippen molar-refractivity contribution in [2.45, 2.75) is 17.6 Å². The molecule has 1 heterocycles. The number of nitrogens with one attached hydrogen (secondary N) is 1. The smallest absolute Gasteiger partial charge is 0.289 e. The van der Waals surface area contributed by atoms with Crippen LogP contribution in [0.25, 0.3) is 0 Å². The van der Waals surface area contributed by atoms with E-state index in [2.05, 4.69) is 0 Å². The van der Waals surface area contributed by atoms with Crippen LogP contribution in [0.4, 0.5) is 13.6 Å². The molecule has 1 N–H and O–H groups in total. The molecule has 0 saturated carbocycles. The summed E-state index contributed by atoms with van der Waals surface area (Å²) in [7, 11) is 0. The number of benzene rings is 1. The minimum atomic E-state index is -3.40. The normalized spacial score (nSPS) is 17.9. The molecule has 1 aromatic rings. The monoisotopic (exact) mass is 337 g/mol. The Labute approximate surface area is 131 Å². The highest BCUT2D eigenvalue weighted by Gasteiger charge is 2.49. The van der Waals surface area contributed by atoms with Gasteiger partial charge in [0.05, 0.1) is 0 Å². The first-order valence-electron chi connectivity index (χ1n) is 6.46. The predicted molar refractivity (Wildman–Crippen MR) is 77.3 cm³/mol. The average molecular weight is 338 g/mol. The van der Waals surface area contributed by atoms with Gasteiger partial charge in [0.2, 0.25) is 4.46 Å². The summed E-state index contributed by atoms with van der Waals surface area (Å²) in [6.45, 7) is 1.62. The Morgan fingerprint density at radius 1 is 1.43 bits per heavy atom. The molecule has 4 nitrogen and oxygen atoms in total. The lowest BCUT2D eigenvalue weighted by atomic mass is 10.2. The molecule has 0 unspecified atom stereocenters. The van der Waals surface area contributed by atoms with Crippen LogP contribution in [-0.2, 0) is 4.46 Å². The maximum atomic E-state index is 13.6. The van der Waals surface area contributed by atoms with Crippen LogP contribution in [0.5, 0.6) is 0 Å². The van der Waals surface area contributed by atoms with Crippen molar-refractivity contribution in [3.63, 3.8) is 0 Å². The van der Waals surface area contributed by atoms with Gasteiger partial charge in [0.15, 0.2) is 0 Å². The van der Waals surface area contributed by atoms with Gasteiger partial charge in [-0.25, -0.2) is 15.0 Å². The van der Waals surface area contributed by atoms with E-state index in [1.807, 2.05) is 5.32 Å². The van der Waals surface area contributed by atoms with Crippen LogP contribution >= 0.6 is 23.2 Å². The van der Waals surface area contributed by atoms with Crippen molar-refractivity contribution in [3.8, 4) is 0 Å². The molecular weight excluding hydrogens is 323 g/mol. The Morgan fingerprint density at radius 3 is 2.52 bits per heavy atom. The van der Waals surface area contributed by atoms with Gasteiger partial charge in [-0.3, -0.25) is 4.90 Å². The average Bonchev–Trinajstić information content (AvgIpc) is 2.79. The van der Waals surface area contributed by atoms with Crippen molar-refractivity contribution >= 4 is 29.2 Å². The summed E-state index contributed by atoms with van der Waals surface area (Å²) in [6.07, 6.45) is -3.40. The fourth-order valence-corrected chi connectivity index (χ4v) is 2.80. The first-order chi connectivity index (χ1) is 9.80. The highest BCUT2D eigenvalue weighted by Crippen LogP contribution is 2.39. The molecule has 21 heavy (non-hydrogen) atoms. The number of nitrogens with zero attached hydrogens (tertiary/aromatic N) is 2. The molecule has 0 radical (unpaired) electrons. The number of hydrogen-bond acceptors (Lipinski definition) is 2. The third kappa shape index (κ3) is 3.07. The summed E-state index contributed by atoms with van der Waals surface area (Å²) in [5.41, 5.74) is 0.444. The first kappa shape index (κ1) is 16.3. The summed E-state index contributed by atoms with van der Waals surface area (Å²) in [6, 6.07) is 7.54. The van der Waals surface area contributed by atoms with E-state index in [0.717, 1.165) is 4.90 Å². The van der Waals surface area contributed by atoms with Crippen LogP contribution in [-0.4, -0.2) is 41.6 Å². The molecule has 8 heteroatoms. The number of amides is 2. The van der Waals surface area contributed by atoms with E-state index < -0.39 is 16.7 Å².